The molecule has 0 aromatic heterocycles. The predicted molar refractivity (Wildman–Crippen MR) is 61.3 cm³/mol. The number of carbonyl (C=O) groups excluding carboxylic acids is 1. The van der Waals surface area contributed by atoms with Crippen molar-refractivity contribution >= 4 is 11.7 Å². The van der Waals surface area contributed by atoms with Gasteiger partial charge in [-0.15, -0.1) is 0 Å². The first-order valence-corrected chi connectivity index (χ1v) is 5.18. The third-order valence-electron chi connectivity index (χ3n) is 2.75. The first-order valence-electron chi connectivity index (χ1n) is 5.18. The van der Waals surface area contributed by atoms with E-state index in [4.69, 9.17) is 0 Å². The Morgan fingerprint density at radius 1 is 1.40 bits per heavy atom. The number of benzene rings is 1. The van der Waals surface area contributed by atoms with Crippen LogP contribution in [0.15, 0.2) is 18.2 Å². The number of rotatable bonds is 0. The molecule has 2 rings (SSSR count). The van der Waals surface area contributed by atoms with Crippen LogP contribution < -0.4 is 4.90 Å². The maximum absolute atomic E-state index is 11.9. The fourth-order valence-electron chi connectivity index (χ4n) is 1.93. The van der Waals surface area contributed by atoms with E-state index in [0.717, 1.165) is 18.7 Å². The average Bonchev–Trinajstić information content (AvgIpc) is 2.59. The SMILES string of the molecule is Cc1ccc2c(c1)N(C(=O)N(C)C)CC2. The monoisotopic (exact) mass is 204 g/mol. The second kappa shape index (κ2) is 3.57. The van der Waals surface area contributed by atoms with E-state index in [1.165, 1.54) is 11.1 Å². The van der Waals surface area contributed by atoms with Gasteiger partial charge >= 0.3 is 6.03 Å². The van der Waals surface area contributed by atoms with E-state index < -0.39 is 0 Å². The molecule has 1 aliphatic rings. The molecule has 0 bridgehead atoms. The van der Waals surface area contributed by atoms with Gasteiger partial charge in [-0.1, -0.05) is 12.1 Å². The Morgan fingerprint density at radius 2 is 2.13 bits per heavy atom. The van der Waals surface area contributed by atoms with Gasteiger partial charge in [0.2, 0.25) is 0 Å². The molecule has 0 unspecified atom stereocenters. The molecule has 0 atom stereocenters. The number of anilines is 1. The highest BCUT2D eigenvalue weighted by molar-refractivity contribution is 5.94. The van der Waals surface area contributed by atoms with Gasteiger partial charge in [-0.25, -0.2) is 4.79 Å². The first kappa shape index (κ1) is 10.0. The Hall–Kier alpha value is -1.51. The molecule has 3 nitrogen and oxygen atoms in total. The molecule has 0 fully saturated rings. The maximum atomic E-state index is 11.9. The van der Waals surface area contributed by atoms with Crippen LogP contribution in [0.2, 0.25) is 0 Å². The van der Waals surface area contributed by atoms with E-state index in [9.17, 15) is 4.79 Å². The lowest BCUT2D eigenvalue weighted by Gasteiger charge is -2.22. The first-order chi connectivity index (χ1) is 7.09. The van der Waals surface area contributed by atoms with Gasteiger partial charge in [-0.3, -0.25) is 4.90 Å². The highest BCUT2D eigenvalue weighted by atomic mass is 16.2. The van der Waals surface area contributed by atoms with Gasteiger partial charge in [0, 0.05) is 26.3 Å². The summed E-state index contributed by atoms with van der Waals surface area (Å²) >= 11 is 0. The zero-order chi connectivity index (χ0) is 11.0. The second-order valence-electron chi connectivity index (χ2n) is 4.21. The summed E-state index contributed by atoms with van der Waals surface area (Å²) in [4.78, 5) is 15.3. The number of urea groups is 1. The minimum absolute atomic E-state index is 0.0688. The van der Waals surface area contributed by atoms with Crippen LogP contribution >= 0.6 is 0 Å². The molecule has 0 saturated carbocycles. The molecule has 1 aromatic rings. The molecule has 3 heteroatoms. The number of amides is 2. The molecule has 0 spiro atoms. The van der Waals surface area contributed by atoms with Crippen molar-refractivity contribution in [3.63, 3.8) is 0 Å². The molecule has 0 N–H and O–H groups in total. The van der Waals surface area contributed by atoms with Crippen molar-refractivity contribution in [1.29, 1.82) is 0 Å². The van der Waals surface area contributed by atoms with Crippen molar-refractivity contribution in [2.45, 2.75) is 13.3 Å². The van der Waals surface area contributed by atoms with Crippen LogP contribution in [-0.2, 0) is 6.42 Å². The number of fused-ring (bicyclic) bond motifs is 1. The minimum Gasteiger partial charge on any atom is -0.330 e. The number of hydrogen-bond donors (Lipinski definition) is 0. The Kier molecular flexibility index (Phi) is 2.39. The molecule has 1 heterocycles. The van der Waals surface area contributed by atoms with Crippen LogP contribution in [0.5, 0.6) is 0 Å². The van der Waals surface area contributed by atoms with Crippen LogP contribution in [0, 0.1) is 6.92 Å². The van der Waals surface area contributed by atoms with E-state index in [-0.39, 0.29) is 6.03 Å². The summed E-state index contributed by atoms with van der Waals surface area (Å²) in [5, 5.41) is 0. The summed E-state index contributed by atoms with van der Waals surface area (Å²) in [6, 6.07) is 6.37. The number of carbonyl (C=O) groups is 1. The third-order valence-corrected chi connectivity index (χ3v) is 2.75. The van der Waals surface area contributed by atoms with E-state index in [1.807, 2.05) is 4.90 Å². The Morgan fingerprint density at radius 3 is 2.80 bits per heavy atom. The predicted octanol–water partition coefficient (Wildman–Crippen LogP) is 2.04. The zero-order valence-electron chi connectivity index (χ0n) is 9.45. The summed E-state index contributed by atoms with van der Waals surface area (Å²) in [7, 11) is 3.58. The topological polar surface area (TPSA) is 23.6 Å². The zero-order valence-corrected chi connectivity index (χ0v) is 9.45. The standard InChI is InChI=1S/C12H16N2O/c1-9-4-5-10-6-7-14(11(10)8-9)12(15)13(2)3/h4-5,8H,6-7H2,1-3H3. The molecule has 2 amide bonds. The maximum Gasteiger partial charge on any atom is 0.323 e. The normalized spacial score (nSPS) is 13.9. The Balaban J connectivity index is 2.35. The molecule has 1 aliphatic heterocycles. The molecule has 0 radical (unpaired) electrons. The number of hydrogen-bond acceptors (Lipinski definition) is 1. The van der Waals surface area contributed by atoms with Crippen LogP contribution in [-0.4, -0.2) is 31.6 Å². The average molecular weight is 204 g/mol. The lowest BCUT2D eigenvalue weighted by Crippen LogP contribution is -2.38. The highest BCUT2D eigenvalue weighted by Crippen LogP contribution is 2.29. The minimum atomic E-state index is 0.0688. The van der Waals surface area contributed by atoms with Gasteiger partial charge in [0.25, 0.3) is 0 Å². The fraction of sp³-hybridized carbons (Fsp3) is 0.417. The van der Waals surface area contributed by atoms with Crippen molar-refractivity contribution in [3.8, 4) is 0 Å². The molecule has 1 aromatic carbocycles. The van der Waals surface area contributed by atoms with Gasteiger partial charge in [-0.05, 0) is 30.5 Å². The fourth-order valence-corrected chi connectivity index (χ4v) is 1.93. The molecular formula is C12H16N2O. The van der Waals surface area contributed by atoms with E-state index in [1.54, 1.807) is 19.0 Å². The largest absolute Gasteiger partial charge is 0.330 e. The summed E-state index contributed by atoms with van der Waals surface area (Å²) in [6.45, 7) is 2.85. The lowest BCUT2D eigenvalue weighted by molar-refractivity contribution is 0.224. The smallest absolute Gasteiger partial charge is 0.323 e. The van der Waals surface area contributed by atoms with Gasteiger partial charge in [0.1, 0.15) is 0 Å². The van der Waals surface area contributed by atoms with Crippen LogP contribution in [0.25, 0.3) is 0 Å². The van der Waals surface area contributed by atoms with Crippen molar-refractivity contribution in [2.24, 2.45) is 0 Å². The van der Waals surface area contributed by atoms with Crippen molar-refractivity contribution in [3.05, 3.63) is 29.3 Å². The molecule has 0 aliphatic carbocycles. The van der Waals surface area contributed by atoms with E-state index in [2.05, 4.69) is 25.1 Å². The molecule has 0 saturated heterocycles. The molecule has 80 valence electrons. The number of aryl methyl sites for hydroxylation is 1. The van der Waals surface area contributed by atoms with Gasteiger partial charge < -0.3 is 4.90 Å². The van der Waals surface area contributed by atoms with Crippen LogP contribution in [0.3, 0.4) is 0 Å². The lowest BCUT2D eigenvalue weighted by atomic mass is 10.1. The van der Waals surface area contributed by atoms with Gasteiger partial charge in [0.05, 0.1) is 0 Å². The van der Waals surface area contributed by atoms with Crippen LogP contribution in [0.1, 0.15) is 11.1 Å². The summed E-state index contributed by atoms with van der Waals surface area (Å²) in [5.41, 5.74) is 3.55. The second-order valence-corrected chi connectivity index (χ2v) is 4.21. The highest BCUT2D eigenvalue weighted by Gasteiger charge is 2.25. The Bertz CT molecular complexity index is 399. The summed E-state index contributed by atoms with van der Waals surface area (Å²) < 4.78 is 0. The van der Waals surface area contributed by atoms with E-state index >= 15 is 0 Å². The summed E-state index contributed by atoms with van der Waals surface area (Å²) in [6.07, 6.45) is 0.967. The number of nitrogens with zero attached hydrogens (tertiary/aromatic N) is 2. The van der Waals surface area contributed by atoms with Crippen molar-refractivity contribution < 1.29 is 4.79 Å². The van der Waals surface area contributed by atoms with Crippen molar-refractivity contribution in [2.75, 3.05) is 25.5 Å². The van der Waals surface area contributed by atoms with Gasteiger partial charge in [-0.2, -0.15) is 0 Å². The van der Waals surface area contributed by atoms with Crippen molar-refractivity contribution in [1.82, 2.24) is 4.90 Å². The van der Waals surface area contributed by atoms with E-state index in [0.29, 0.717) is 0 Å². The third kappa shape index (κ3) is 1.69. The van der Waals surface area contributed by atoms with Gasteiger partial charge in [0.15, 0.2) is 0 Å². The molecular weight excluding hydrogens is 188 g/mol. The Labute approximate surface area is 90.3 Å². The quantitative estimate of drug-likeness (QED) is 0.634. The summed E-state index contributed by atoms with van der Waals surface area (Å²) in [5.74, 6) is 0. The molecule has 15 heavy (non-hydrogen) atoms. The van der Waals surface area contributed by atoms with Crippen LogP contribution in [0.4, 0.5) is 10.5 Å².